The van der Waals surface area contributed by atoms with Crippen molar-refractivity contribution in [3.8, 4) is 11.1 Å². The van der Waals surface area contributed by atoms with Gasteiger partial charge in [0.1, 0.15) is 11.6 Å². The van der Waals surface area contributed by atoms with E-state index in [1.165, 1.54) is 27.2 Å². The van der Waals surface area contributed by atoms with E-state index in [0.717, 1.165) is 67.8 Å². The number of amides is 5. The summed E-state index contributed by atoms with van der Waals surface area (Å²) < 4.78 is 17.9. The topological polar surface area (TPSA) is 149 Å². The molecule has 5 amide bonds. The average Bonchev–Trinajstić information content (AvgIpc) is 4.03. The van der Waals surface area contributed by atoms with Crippen molar-refractivity contribution in [1.82, 2.24) is 34.6 Å². The molecule has 0 bridgehead atoms. The quantitative estimate of drug-likeness (QED) is 0.191. The molecular weight excluding hydrogens is 748 g/mol. The van der Waals surface area contributed by atoms with E-state index in [0.29, 0.717) is 41.3 Å². The number of hydrogen-bond acceptors (Lipinski definition) is 10. The number of imidazole rings is 1. The molecule has 2 fully saturated rings. The molecule has 2 N–H and O–H groups in total. The lowest BCUT2D eigenvalue weighted by Gasteiger charge is -2.38. The number of pyridine rings is 1. The Hall–Kier alpha value is -6.00. The van der Waals surface area contributed by atoms with Gasteiger partial charge >= 0.3 is 6.03 Å². The van der Waals surface area contributed by atoms with Crippen molar-refractivity contribution in [2.45, 2.75) is 63.8 Å². The molecule has 4 aliphatic heterocycles. The third-order valence-electron chi connectivity index (χ3n) is 11.5. The molecule has 14 nitrogen and oxygen atoms in total. The van der Waals surface area contributed by atoms with Gasteiger partial charge in [0.15, 0.2) is 11.2 Å². The van der Waals surface area contributed by atoms with Crippen molar-refractivity contribution >= 4 is 51.7 Å². The monoisotopic (exact) mass is 788 g/mol. The van der Waals surface area contributed by atoms with Crippen LogP contribution in [0.2, 0.25) is 0 Å². The summed E-state index contributed by atoms with van der Waals surface area (Å²) in [4.78, 5) is 72.6. The fraction of sp³-hybridized carbons (Fsp3) is 0.341. The largest absolute Gasteiger partial charge is 0.371 e. The molecule has 9 rings (SSSR count). The molecule has 2 aromatic carbocycles. The number of hydrogen-bond donors (Lipinski definition) is 2. The number of rotatable bonds is 10. The maximum Gasteiger partial charge on any atom is 0.329 e. The molecule has 1 atom stereocenters. The molecule has 0 saturated carbocycles. The van der Waals surface area contributed by atoms with Crippen LogP contribution in [-0.2, 0) is 35.6 Å². The van der Waals surface area contributed by atoms with Crippen molar-refractivity contribution in [2.24, 2.45) is 0 Å². The molecule has 5 aromatic rings. The number of aryl methyl sites for hydroxylation is 1. The molecule has 2 saturated heterocycles. The standard InChI is InChI=1S/C41H41FN10O4S/c1-48(22-25-8-12-43-34(19-25)51-17-11-35(53)46-41(51)56)28-9-15-49(16-10-28)29-6-4-26(5-7-29)27-20-30-31(32(42)21-27)23-52(39(30)55)37(38(54)47-40-44-13-18-57-40)36-33-3-2-14-50(33)24-45-36/h4-8,12-13,18-21,24,28,37H,2-3,9-11,14-17,22-23H2,1H3,(H,44,47,54)(H,46,53,56). The van der Waals surface area contributed by atoms with Gasteiger partial charge in [-0.25, -0.2) is 24.1 Å². The summed E-state index contributed by atoms with van der Waals surface area (Å²) in [6.45, 7) is 3.50. The minimum Gasteiger partial charge on any atom is -0.371 e. The SMILES string of the molecule is CN(Cc1ccnc(N2CCC(=O)NC2=O)c1)C1CCN(c2ccc(-c3cc(F)c4c(c3)C(=O)N(C(C(=O)Nc3nccs3)c3ncn5c3CCC5)C4)cc2)CC1. The second-order valence-corrected chi connectivity index (χ2v) is 15.9. The van der Waals surface area contributed by atoms with Gasteiger partial charge in [-0.3, -0.25) is 34.8 Å². The minimum absolute atomic E-state index is 0.0449. The highest BCUT2D eigenvalue weighted by Gasteiger charge is 2.42. The zero-order valence-electron chi connectivity index (χ0n) is 31.4. The molecule has 7 heterocycles. The van der Waals surface area contributed by atoms with Gasteiger partial charge in [-0.15, -0.1) is 11.3 Å². The van der Waals surface area contributed by atoms with E-state index in [-0.39, 0.29) is 30.0 Å². The van der Waals surface area contributed by atoms with Gasteiger partial charge < -0.3 is 14.4 Å². The highest BCUT2D eigenvalue weighted by Crippen LogP contribution is 2.38. The molecular formula is C41H41FN10O4S. The molecule has 57 heavy (non-hydrogen) atoms. The fourth-order valence-corrected chi connectivity index (χ4v) is 9.03. The van der Waals surface area contributed by atoms with Crippen LogP contribution in [0.3, 0.4) is 0 Å². The first kappa shape index (κ1) is 36.6. The number of thiazole rings is 1. The van der Waals surface area contributed by atoms with Gasteiger partial charge in [-0.1, -0.05) is 12.1 Å². The van der Waals surface area contributed by atoms with E-state index < -0.39 is 29.7 Å². The molecule has 1 unspecified atom stereocenters. The Bertz CT molecular complexity index is 2360. The fourth-order valence-electron chi connectivity index (χ4n) is 8.50. The Morgan fingerprint density at radius 2 is 1.81 bits per heavy atom. The number of carbonyl (C=O) groups excluding carboxylic acids is 4. The number of nitrogens with one attached hydrogen (secondary N) is 2. The second kappa shape index (κ2) is 15.2. The van der Waals surface area contributed by atoms with Crippen LogP contribution in [0.1, 0.15) is 64.6 Å². The van der Waals surface area contributed by atoms with Crippen molar-refractivity contribution in [1.29, 1.82) is 0 Å². The number of aromatic nitrogens is 4. The Morgan fingerprint density at radius 3 is 2.58 bits per heavy atom. The number of carbonyl (C=O) groups is 4. The van der Waals surface area contributed by atoms with Crippen LogP contribution in [0.5, 0.6) is 0 Å². The van der Waals surface area contributed by atoms with Crippen LogP contribution in [0.15, 0.2) is 72.6 Å². The van der Waals surface area contributed by atoms with Crippen molar-refractivity contribution in [3.63, 3.8) is 0 Å². The van der Waals surface area contributed by atoms with Crippen molar-refractivity contribution in [3.05, 3.63) is 107 Å². The van der Waals surface area contributed by atoms with E-state index in [4.69, 9.17) is 0 Å². The maximum atomic E-state index is 15.9. The van der Waals surface area contributed by atoms with Gasteiger partial charge in [-0.2, -0.15) is 0 Å². The molecule has 3 aromatic heterocycles. The lowest BCUT2D eigenvalue weighted by atomic mass is 9.98. The number of nitrogens with zero attached hydrogens (tertiary/aromatic N) is 8. The number of urea groups is 1. The second-order valence-electron chi connectivity index (χ2n) is 15.0. The highest BCUT2D eigenvalue weighted by molar-refractivity contribution is 7.13. The van der Waals surface area contributed by atoms with E-state index >= 15 is 4.39 Å². The lowest BCUT2D eigenvalue weighted by Crippen LogP contribution is -2.50. The van der Waals surface area contributed by atoms with Gasteiger partial charge in [-0.05, 0) is 85.8 Å². The van der Waals surface area contributed by atoms with Crippen LogP contribution in [0.25, 0.3) is 11.1 Å². The van der Waals surface area contributed by atoms with Crippen LogP contribution < -0.4 is 20.4 Å². The highest BCUT2D eigenvalue weighted by atomic mass is 32.1. The summed E-state index contributed by atoms with van der Waals surface area (Å²) in [6.07, 6.45) is 8.86. The van der Waals surface area contributed by atoms with Gasteiger partial charge in [0.2, 0.25) is 5.91 Å². The van der Waals surface area contributed by atoms with Crippen LogP contribution in [0.4, 0.5) is 25.8 Å². The predicted octanol–water partition coefficient (Wildman–Crippen LogP) is 5.37. The molecule has 292 valence electrons. The average molecular weight is 789 g/mol. The number of benzene rings is 2. The van der Waals surface area contributed by atoms with E-state index in [1.807, 2.05) is 41.0 Å². The van der Waals surface area contributed by atoms with E-state index in [9.17, 15) is 19.2 Å². The summed E-state index contributed by atoms with van der Waals surface area (Å²) in [5.41, 5.74) is 5.45. The summed E-state index contributed by atoms with van der Waals surface area (Å²) in [5, 5.41) is 7.38. The van der Waals surface area contributed by atoms with Crippen molar-refractivity contribution in [2.75, 3.05) is 41.8 Å². The molecule has 0 radical (unpaired) electrons. The van der Waals surface area contributed by atoms with Gasteiger partial charge in [0.05, 0.1) is 18.6 Å². The molecule has 4 aliphatic rings. The van der Waals surface area contributed by atoms with Gasteiger partial charge in [0.25, 0.3) is 11.8 Å². The van der Waals surface area contributed by atoms with Crippen LogP contribution in [0, 0.1) is 5.82 Å². The lowest BCUT2D eigenvalue weighted by molar-refractivity contribution is -0.121. The Morgan fingerprint density at radius 1 is 0.982 bits per heavy atom. The number of imide groups is 1. The minimum atomic E-state index is -1.04. The normalized spacial score (nSPS) is 17.6. The van der Waals surface area contributed by atoms with Crippen molar-refractivity contribution < 1.29 is 23.6 Å². The predicted molar refractivity (Wildman–Crippen MR) is 212 cm³/mol. The first-order chi connectivity index (χ1) is 27.7. The maximum absolute atomic E-state index is 15.9. The number of halogens is 1. The number of fused-ring (bicyclic) bond motifs is 2. The third-order valence-corrected chi connectivity index (χ3v) is 12.2. The van der Waals surface area contributed by atoms with Gasteiger partial charge in [0, 0.05) is 85.5 Å². The Labute approximate surface area is 332 Å². The smallest absolute Gasteiger partial charge is 0.329 e. The Balaban J connectivity index is 0.856. The first-order valence-corrected chi connectivity index (χ1v) is 20.1. The molecule has 0 aliphatic carbocycles. The first-order valence-electron chi connectivity index (χ1n) is 19.2. The summed E-state index contributed by atoms with van der Waals surface area (Å²) in [5.74, 6) is -1.07. The van der Waals surface area contributed by atoms with E-state index in [2.05, 4.69) is 42.4 Å². The van der Waals surface area contributed by atoms with E-state index in [1.54, 1.807) is 30.2 Å². The van der Waals surface area contributed by atoms with Crippen LogP contribution >= 0.6 is 11.3 Å². The third kappa shape index (κ3) is 7.14. The zero-order chi connectivity index (χ0) is 39.2. The number of anilines is 3. The molecule has 16 heteroatoms. The Kier molecular flexibility index (Phi) is 9.74. The number of piperidine rings is 1. The molecule has 0 spiro atoms. The summed E-state index contributed by atoms with van der Waals surface area (Å²) >= 11 is 1.28. The zero-order valence-corrected chi connectivity index (χ0v) is 32.2. The summed E-state index contributed by atoms with van der Waals surface area (Å²) in [7, 11) is 2.11. The summed E-state index contributed by atoms with van der Waals surface area (Å²) in [6, 6.07) is 14.0. The van der Waals surface area contributed by atoms with Crippen LogP contribution in [-0.4, -0.2) is 85.8 Å².